The molecule has 0 atom stereocenters. The van der Waals surface area contributed by atoms with Crippen LogP contribution in [0, 0.1) is 0 Å². The summed E-state index contributed by atoms with van der Waals surface area (Å²) in [4.78, 5) is 16.7. The SMILES string of the molecule is CC(C)(C)ON(OC(C)(C)C)OC(C)(C)C.CC(C)(C)[O-].[Na+]. The molecule has 0 saturated heterocycles. The average Bonchev–Trinajstić information content (AvgIpc) is 1.86. The van der Waals surface area contributed by atoms with Crippen LogP contribution in [-0.2, 0) is 14.5 Å². The number of hydrogen-bond donors (Lipinski definition) is 0. The van der Waals surface area contributed by atoms with Crippen molar-refractivity contribution >= 4 is 0 Å². The van der Waals surface area contributed by atoms with E-state index in [2.05, 4.69) is 0 Å². The summed E-state index contributed by atoms with van der Waals surface area (Å²) in [5, 5.41) is 11.2. The van der Waals surface area contributed by atoms with Crippen LogP contribution in [0.15, 0.2) is 0 Å². The minimum atomic E-state index is -0.750. The zero-order chi connectivity index (χ0) is 17.7. The van der Waals surface area contributed by atoms with Gasteiger partial charge in [0.2, 0.25) is 0 Å². The van der Waals surface area contributed by atoms with Crippen molar-refractivity contribution in [2.24, 2.45) is 0 Å². The van der Waals surface area contributed by atoms with Gasteiger partial charge in [0.15, 0.2) is 0 Å². The van der Waals surface area contributed by atoms with Gasteiger partial charge in [-0.1, -0.05) is 20.8 Å². The molecule has 0 unspecified atom stereocenters. The fraction of sp³-hybridized carbons (Fsp3) is 1.00. The van der Waals surface area contributed by atoms with Gasteiger partial charge < -0.3 is 5.11 Å². The molecule has 0 spiro atoms. The first-order chi connectivity index (χ1) is 8.79. The predicted octanol–water partition coefficient (Wildman–Crippen LogP) is 0.628. The minimum Gasteiger partial charge on any atom is -0.850 e. The zero-order valence-corrected chi connectivity index (χ0v) is 19.1. The Morgan fingerprint density at radius 2 is 0.682 bits per heavy atom. The summed E-state index contributed by atoms with van der Waals surface area (Å²) < 4.78 is 0. The van der Waals surface area contributed by atoms with Crippen LogP contribution >= 0.6 is 0 Å². The van der Waals surface area contributed by atoms with Crippen molar-refractivity contribution < 1.29 is 49.2 Å². The van der Waals surface area contributed by atoms with Crippen molar-refractivity contribution in [1.82, 2.24) is 5.39 Å². The van der Waals surface area contributed by atoms with Gasteiger partial charge in [-0.15, -0.1) is 5.60 Å². The van der Waals surface area contributed by atoms with Crippen LogP contribution in [0.25, 0.3) is 0 Å². The molecule has 0 aliphatic carbocycles. The first-order valence-corrected chi connectivity index (χ1v) is 7.36. The quantitative estimate of drug-likeness (QED) is 0.561. The molecule has 5 nitrogen and oxygen atoms in total. The van der Waals surface area contributed by atoms with Crippen molar-refractivity contribution in [2.75, 3.05) is 0 Å². The summed E-state index contributed by atoms with van der Waals surface area (Å²) in [6, 6.07) is 0. The molecule has 0 bridgehead atoms. The van der Waals surface area contributed by atoms with E-state index in [9.17, 15) is 5.11 Å². The average molecular weight is 329 g/mol. The number of hydrogen-bond acceptors (Lipinski definition) is 5. The molecule has 0 aliphatic rings. The maximum atomic E-state index is 10.1. The standard InChI is InChI=1S/C12H27NO3.C4H9O.Na/c1-10(2,3)14-13(15-11(4,5)6)16-12(7,8)9;1-4(2,3)5;/h1-9H3;1-3H3;/q;-1;+1. The normalized spacial score (nSPS) is 13.4. The molecular weight excluding hydrogens is 293 g/mol. The maximum absolute atomic E-state index is 10.1. The summed E-state index contributed by atoms with van der Waals surface area (Å²) in [5.41, 5.74) is -1.84. The molecule has 0 radical (unpaired) electrons. The third kappa shape index (κ3) is 32.7. The van der Waals surface area contributed by atoms with E-state index in [-0.39, 0.29) is 46.4 Å². The van der Waals surface area contributed by atoms with E-state index < -0.39 is 5.60 Å². The van der Waals surface area contributed by atoms with Gasteiger partial charge in [0, 0.05) is 0 Å². The molecule has 0 aromatic carbocycles. The molecule has 0 amide bonds. The van der Waals surface area contributed by atoms with Crippen molar-refractivity contribution in [2.45, 2.75) is 105 Å². The Morgan fingerprint density at radius 1 is 0.545 bits per heavy atom. The molecule has 0 heterocycles. The van der Waals surface area contributed by atoms with Crippen LogP contribution in [0.3, 0.4) is 0 Å². The molecule has 6 heteroatoms. The van der Waals surface area contributed by atoms with Gasteiger partial charge in [-0.05, 0) is 62.3 Å². The van der Waals surface area contributed by atoms with E-state index in [0.29, 0.717) is 0 Å². The van der Waals surface area contributed by atoms with E-state index in [0.717, 1.165) is 5.39 Å². The summed E-state index contributed by atoms with van der Waals surface area (Å²) in [5.74, 6) is 0. The monoisotopic (exact) mass is 329 g/mol. The molecule has 0 aliphatic heterocycles. The largest absolute Gasteiger partial charge is 1.00 e. The molecule has 0 aromatic heterocycles. The van der Waals surface area contributed by atoms with Gasteiger partial charge in [0.1, 0.15) is 0 Å². The first-order valence-electron chi connectivity index (χ1n) is 7.36. The van der Waals surface area contributed by atoms with Gasteiger partial charge in [-0.25, -0.2) is 14.5 Å². The van der Waals surface area contributed by atoms with E-state index in [1.807, 2.05) is 62.3 Å². The van der Waals surface area contributed by atoms with Gasteiger partial charge in [-0.2, -0.15) is 0 Å². The van der Waals surface area contributed by atoms with Crippen molar-refractivity contribution in [3.8, 4) is 0 Å². The van der Waals surface area contributed by atoms with Crippen LogP contribution < -0.4 is 34.7 Å². The van der Waals surface area contributed by atoms with Crippen LogP contribution in [-0.4, -0.2) is 27.8 Å². The number of nitrogens with zero attached hydrogens (tertiary/aromatic N) is 1. The van der Waals surface area contributed by atoms with E-state index in [1.165, 1.54) is 0 Å². The molecule has 0 saturated carbocycles. The first kappa shape index (κ1) is 27.6. The second kappa shape index (κ2) is 9.94. The summed E-state index contributed by atoms with van der Waals surface area (Å²) >= 11 is 0. The van der Waals surface area contributed by atoms with Crippen molar-refractivity contribution in [3.05, 3.63) is 0 Å². The van der Waals surface area contributed by atoms with Crippen LogP contribution in [0.1, 0.15) is 83.1 Å². The topological polar surface area (TPSA) is 54.0 Å². The Hall–Kier alpha value is 0.800. The van der Waals surface area contributed by atoms with Gasteiger partial charge in [0.25, 0.3) is 0 Å². The minimum absolute atomic E-state index is 0. The maximum Gasteiger partial charge on any atom is 1.00 e. The molecule has 0 N–H and O–H groups in total. The Kier molecular flexibility index (Phi) is 12.5. The Balaban J connectivity index is -0.000000520. The summed E-state index contributed by atoms with van der Waals surface area (Å²) in [6.07, 6.45) is 0. The fourth-order valence-corrected chi connectivity index (χ4v) is 0.727. The molecular formula is C16H36NNaO4. The van der Waals surface area contributed by atoms with Gasteiger partial charge in [-0.3, -0.25) is 0 Å². The van der Waals surface area contributed by atoms with E-state index in [1.54, 1.807) is 20.8 Å². The molecule has 0 rings (SSSR count). The molecule has 130 valence electrons. The third-order valence-corrected chi connectivity index (χ3v) is 1.05. The smallest absolute Gasteiger partial charge is 0.850 e. The zero-order valence-electron chi connectivity index (χ0n) is 17.1. The van der Waals surface area contributed by atoms with Gasteiger partial charge >= 0.3 is 29.6 Å². The van der Waals surface area contributed by atoms with Crippen LogP contribution in [0.5, 0.6) is 0 Å². The Labute approximate surface area is 159 Å². The van der Waals surface area contributed by atoms with Crippen molar-refractivity contribution in [1.29, 1.82) is 0 Å². The van der Waals surface area contributed by atoms with Gasteiger partial charge in [0.05, 0.1) is 22.2 Å². The van der Waals surface area contributed by atoms with E-state index >= 15 is 0 Å². The van der Waals surface area contributed by atoms with E-state index in [4.69, 9.17) is 14.5 Å². The Morgan fingerprint density at radius 3 is 0.773 bits per heavy atom. The molecule has 0 aromatic rings. The predicted molar refractivity (Wildman–Crippen MR) is 84.1 cm³/mol. The van der Waals surface area contributed by atoms with Crippen molar-refractivity contribution in [3.63, 3.8) is 0 Å². The third-order valence-electron chi connectivity index (χ3n) is 1.05. The molecule has 22 heavy (non-hydrogen) atoms. The second-order valence-corrected chi connectivity index (χ2v) is 8.95. The molecule has 0 fully saturated rings. The number of rotatable bonds is 3. The Bertz CT molecular complexity index is 238. The summed E-state index contributed by atoms with van der Waals surface area (Å²) in [7, 11) is 0. The fourth-order valence-electron chi connectivity index (χ4n) is 0.727. The summed E-state index contributed by atoms with van der Waals surface area (Å²) in [6.45, 7) is 22.4. The second-order valence-electron chi connectivity index (χ2n) is 8.95. The van der Waals surface area contributed by atoms with Crippen LogP contribution in [0.4, 0.5) is 0 Å². The van der Waals surface area contributed by atoms with Crippen LogP contribution in [0.2, 0.25) is 0 Å².